The molecular weight excluding hydrogens is 258 g/mol. The van der Waals surface area contributed by atoms with Gasteiger partial charge in [0, 0.05) is 12.5 Å². The average Bonchev–Trinajstić information content (AvgIpc) is 2.76. The Balaban J connectivity index is 1.83. The molecule has 0 saturated carbocycles. The van der Waals surface area contributed by atoms with Crippen molar-refractivity contribution in [3.05, 3.63) is 63.6 Å². The molecule has 6 nitrogen and oxygen atoms in total. The van der Waals surface area contributed by atoms with Crippen molar-refractivity contribution in [2.24, 2.45) is 0 Å². The number of H-pyrrole nitrogens is 1. The van der Waals surface area contributed by atoms with Gasteiger partial charge in [0.05, 0.1) is 12.1 Å². The molecule has 1 aliphatic rings. The number of aromatic nitrogens is 2. The third-order valence-corrected chi connectivity index (χ3v) is 3.40. The summed E-state index contributed by atoms with van der Waals surface area (Å²) in [5.74, 6) is -0.429. The Kier molecular flexibility index (Phi) is 3.08. The fourth-order valence-corrected chi connectivity index (χ4v) is 2.43. The van der Waals surface area contributed by atoms with E-state index in [-0.39, 0.29) is 11.3 Å². The Labute approximate surface area is 114 Å². The molecule has 0 unspecified atom stereocenters. The zero-order chi connectivity index (χ0) is 14.1. The molecule has 20 heavy (non-hydrogen) atoms. The molecule has 0 fully saturated rings. The summed E-state index contributed by atoms with van der Waals surface area (Å²) in [5, 5.41) is 18.7. The first-order chi connectivity index (χ1) is 9.65. The number of aliphatic hydroxyl groups is 1. The van der Waals surface area contributed by atoms with E-state index in [1.807, 2.05) is 24.3 Å². The van der Waals surface area contributed by atoms with Crippen LogP contribution in [0.3, 0.4) is 0 Å². The van der Waals surface area contributed by atoms with Crippen LogP contribution in [0.1, 0.15) is 27.7 Å². The van der Waals surface area contributed by atoms with Crippen LogP contribution in [-0.2, 0) is 6.42 Å². The molecule has 102 valence electrons. The van der Waals surface area contributed by atoms with Gasteiger partial charge < -0.3 is 10.4 Å². The van der Waals surface area contributed by atoms with E-state index in [9.17, 15) is 14.7 Å². The highest BCUT2D eigenvalue weighted by molar-refractivity contribution is 5.92. The summed E-state index contributed by atoms with van der Waals surface area (Å²) in [6, 6.07) is 9.72. The molecule has 1 heterocycles. The summed E-state index contributed by atoms with van der Waals surface area (Å²) in [6.45, 7) is 0. The number of hydrogen-bond donors (Lipinski definition) is 3. The molecule has 0 saturated heterocycles. The normalized spacial score (nSPS) is 20.4. The van der Waals surface area contributed by atoms with Crippen LogP contribution >= 0.6 is 0 Å². The molecule has 1 amide bonds. The van der Waals surface area contributed by atoms with Crippen LogP contribution < -0.4 is 10.9 Å². The first-order valence-electron chi connectivity index (χ1n) is 6.27. The molecule has 2 atom stereocenters. The van der Waals surface area contributed by atoms with Crippen LogP contribution in [-0.4, -0.2) is 27.3 Å². The van der Waals surface area contributed by atoms with Crippen LogP contribution in [0.4, 0.5) is 0 Å². The van der Waals surface area contributed by atoms with E-state index in [2.05, 4.69) is 15.5 Å². The summed E-state index contributed by atoms with van der Waals surface area (Å²) in [4.78, 5) is 23.0. The molecule has 0 aliphatic heterocycles. The number of aromatic amines is 1. The first-order valence-corrected chi connectivity index (χ1v) is 6.27. The Bertz CT molecular complexity index is 690. The molecule has 2 aromatic rings. The van der Waals surface area contributed by atoms with Crippen molar-refractivity contribution in [3.8, 4) is 0 Å². The zero-order valence-electron chi connectivity index (χ0n) is 10.5. The smallest absolute Gasteiger partial charge is 0.272 e. The SMILES string of the molecule is O=C(N[C@H]1c2ccccc2C[C@H]1O)c1ccc(=O)[nH]n1. The number of fused-ring (bicyclic) bond motifs is 1. The molecule has 0 spiro atoms. The quantitative estimate of drug-likeness (QED) is 0.725. The van der Waals surface area contributed by atoms with E-state index < -0.39 is 18.1 Å². The number of amides is 1. The van der Waals surface area contributed by atoms with E-state index >= 15 is 0 Å². The largest absolute Gasteiger partial charge is 0.390 e. The fraction of sp³-hybridized carbons (Fsp3) is 0.214. The molecular formula is C14H13N3O3. The monoisotopic (exact) mass is 271 g/mol. The molecule has 6 heteroatoms. The van der Waals surface area contributed by atoms with Gasteiger partial charge in [0.25, 0.3) is 11.5 Å². The summed E-state index contributed by atoms with van der Waals surface area (Å²) < 4.78 is 0. The number of benzene rings is 1. The highest BCUT2D eigenvalue weighted by Gasteiger charge is 2.32. The summed E-state index contributed by atoms with van der Waals surface area (Å²) >= 11 is 0. The van der Waals surface area contributed by atoms with Gasteiger partial charge >= 0.3 is 0 Å². The Hall–Kier alpha value is -2.47. The highest BCUT2D eigenvalue weighted by atomic mass is 16.3. The number of carbonyl (C=O) groups excluding carboxylic acids is 1. The van der Waals surface area contributed by atoms with Gasteiger partial charge in [0.2, 0.25) is 0 Å². The maximum absolute atomic E-state index is 12.1. The lowest BCUT2D eigenvalue weighted by Crippen LogP contribution is -2.34. The van der Waals surface area contributed by atoms with Gasteiger partial charge in [-0.15, -0.1) is 0 Å². The zero-order valence-corrected chi connectivity index (χ0v) is 10.5. The van der Waals surface area contributed by atoms with Gasteiger partial charge in [0.1, 0.15) is 5.69 Å². The van der Waals surface area contributed by atoms with E-state index in [1.165, 1.54) is 12.1 Å². The van der Waals surface area contributed by atoms with Crippen molar-refractivity contribution < 1.29 is 9.90 Å². The predicted molar refractivity (Wildman–Crippen MR) is 71.2 cm³/mol. The first kappa shape index (κ1) is 12.6. The lowest BCUT2D eigenvalue weighted by molar-refractivity contribution is 0.0852. The summed E-state index contributed by atoms with van der Waals surface area (Å²) in [7, 11) is 0. The van der Waals surface area contributed by atoms with E-state index in [0.29, 0.717) is 6.42 Å². The van der Waals surface area contributed by atoms with Crippen LogP contribution in [0.25, 0.3) is 0 Å². The molecule has 1 aromatic carbocycles. The van der Waals surface area contributed by atoms with Gasteiger partial charge in [-0.05, 0) is 17.2 Å². The predicted octanol–water partition coefficient (Wildman–Crippen LogP) is 0.158. The topological polar surface area (TPSA) is 95.1 Å². The van der Waals surface area contributed by atoms with Crippen LogP contribution in [0, 0.1) is 0 Å². The van der Waals surface area contributed by atoms with Crippen LogP contribution in [0.15, 0.2) is 41.2 Å². The minimum Gasteiger partial charge on any atom is -0.390 e. The van der Waals surface area contributed by atoms with Crippen molar-refractivity contribution in [1.82, 2.24) is 15.5 Å². The third kappa shape index (κ3) is 2.21. The second kappa shape index (κ2) is 4.90. The Morgan fingerprint density at radius 3 is 2.85 bits per heavy atom. The number of aliphatic hydroxyl groups excluding tert-OH is 1. The minimum atomic E-state index is -0.654. The van der Waals surface area contributed by atoms with Crippen molar-refractivity contribution in [3.63, 3.8) is 0 Å². The lowest BCUT2D eigenvalue weighted by Gasteiger charge is -2.17. The summed E-state index contributed by atoms with van der Waals surface area (Å²) in [6.07, 6.45) is -0.140. The van der Waals surface area contributed by atoms with Gasteiger partial charge in [-0.3, -0.25) is 9.59 Å². The minimum absolute atomic E-state index is 0.112. The van der Waals surface area contributed by atoms with Crippen molar-refractivity contribution in [1.29, 1.82) is 0 Å². The molecule has 3 rings (SSSR count). The second-order valence-corrected chi connectivity index (χ2v) is 4.73. The maximum atomic E-state index is 12.1. The van der Waals surface area contributed by atoms with Gasteiger partial charge in [-0.1, -0.05) is 24.3 Å². The third-order valence-electron chi connectivity index (χ3n) is 3.40. The standard InChI is InChI=1S/C14H13N3O3/c18-11-7-8-3-1-2-4-9(8)13(11)15-14(20)10-5-6-12(19)17-16-10/h1-6,11,13,18H,7H2,(H,15,20)(H,17,19)/t11-,13+/m1/s1. The second-order valence-electron chi connectivity index (χ2n) is 4.73. The Morgan fingerprint density at radius 1 is 1.30 bits per heavy atom. The molecule has 3 N–H and O–H groups in total. The van der Waals surface area contributed by atoms with Gasteiger partial charge in [0.15, 0.2) is 0 Å². The number of nitrogens with one attached hydrogen (secondary N) is 2. The molecule has 1 aromatic heterocycles. The lowest BCUT2D eigenvalue weighted by atomic mass is 10.1. The Morgan fingerprint density at radius 2 is 2.10 bits per heavy atom. The van der Waals surface area contributed by atoms with Gasteiger partial charge in [-0.2, -0.15) is 5.10 Å². The molecule has 0 bridgehead atoms. The van der Waals surface area contributed by atoms with Crippen molar-refractivity contribution >= 4 is 5.91 Å². The molecule has 0 radical (unpaired) electrons. The number of rotatable bonds is 2. The number of hydrogen-bond acceptors (Lipinski definition) is 4. The van der Waals surface area contributed by atoms with Gasteiger partial charge in [-0.25, -0.2) is 5.10 Å². The average molecular weight is 271 g/mol. The molecule has 1 aliphatic carbocycles. The van der Waals surface area contributed by atoms with Crippen molar-refractivity contribution in [2.75, 3.05) is 0 Å². The number of nitrogens with zero attached hydrogens (tertiary/aromatic N) is 1. The van der Waals surface area contributed by atoms with E-state index in [4.69, 9.17) is 0 Å². The fourth-order valence-electron chi connectivity index (χ4n) is 2.43. The van der Waals surface area contributed by atoms with E-state index in [0.717, 1.165) is 11.1 Å². The van der Waals surface area contributed by atoms with Crippen LogP contribution in [0.2, 0.25) is 0 Å². The maximum Gasteiger partial charge on any atom is 0.272 e. The number of carbonyl (C=O) groups is 1. The summed E-state index contributed by atoms with van der Waals surface area (Å²) in [5.41, 5.74) is 1.69. The van der Waals surface area contributed by atoms with E-state index in [1.54, 1.807) is 0 Å². The van der Waals surface area contributed by atoms with Crippen LogP contribution in [0.5, 0.6) is 0 Å². The van der Waals surface area contributed by atoms with Crippen molar-refractivity contribution in [2.45, 2.75) is 18.6 Å². The highest BCUT2D eigenvalue weighted by Crippen LogP contribution is 2.31.